The van der Waals surface area contributed by atoms with Crippen molar-refractivity contribution in [1.82, 2.24) is 15.2 Å². The molecule has 0 bridgehead atoms. The van der Waals surface area contributed by atoms with E-state index in [9.17, 15) is 0 Å². The summed E-state index contributed by atoms with van der Waals surface area (Å²) >= 11 is 0. The van der Waals surface area contributed by atoms with Gasteiger partial charge >= 0.3 is 0 Å². The van der Waals surface area contributed by atoms with Crippen LogP contribution in [0, 0.1) is 11.3 Å². The molecule has 2 N–H and O–H groups in total. The third-order valence-electron chi connectivity index (χ3n) is 2.84. The zero-order valence-corrected chi connectivity index (χ0v) is 9.76. The highest BCUT2D eigenvalue weighted by Gasteiger charge is 2.12. The van der Waals surface area contributed by atoms with Crippen molar-refractivity contribution in [2.45, 2.75) is 34.1 Å². The van der Waals surface area contributed by atoms with Crippen LogP contribution in [0.5, 0.6) is 0 Å². The quantitative estimate of drug-likeness (QED) is 0.744. The number of nitrogens with one attached hydrogen (secondary N) is 2. The van der Waals surface area contributed by atoms with Gasteiger partial charge in [-0.25, -0.2) is 4.98 Å². The van der Waals surface area contributed by atoms with Gasteiger partial charge in [-0.15, -0.1) is 0 Å². The van der Waals surface area contributed by atoms with Crippen LogP contribution in [0.15, 0.2) is 11.9 Å². The minimum Gasteiger partial charge on any atom is -0.305 e. The van der Waals surface area contributed by atoms with Crippen molar-refractivity contribution in [3.63, 3.8) is 0 Å². The van der Waals surface area contributed by atoms with E-state index in [0.717, 1.165) is 23.4 Å². The Morgan fingerprint density at radius 1 is 1.53 bits per heavy atom. The number of rotatable bonds is 4. The van der Waals surface area contributed by atoms with Gasteiger partial charge in [0.15, 0.2) is 5.82 Å². The lowest BCUT2D eigenvalue weighted by Crippen LogP contribution is -2.11. The molecule has 4 heteroatoms. The Morgan fingerprint density at radius 2 is 2.20 bits per heavy atom. The SMILES string of the molecule is CCC(C)C(=N)/C(C)=C(/C)c1ncn[nH]1. The van der Waals surface area contributed by atoms with Crippen LogP contribution in [0.4, 0.5) is 0 Å². The van der Waals surface area contributed by atoms with Crippen molar-refractivity contribution in [3.8, 4) is 0 Å². The Hall–Kier alpha value is -1.45. The Bertz CT molecular complexity index is 362. The molecule has 1 aromatic heterocycles. The van der Waals surface area contributed by atoms with Gasteiger partial charge in [-0.05, 0) is 37.3 Å². The lowest BCUT2D eigenvalue weighted by Gasteiger charge is -2.13. The summed E-state index contributed by atoms with van der Waals surface area (Å²) in [4.78, 5) is 4.08. The molecule has 1 heterocycles. The molecule has 1 rings (SSSR count). The predicted molar refractivity (Wildman–Crippen MR) is 61.8 cm³/mol. The van der Waals surface area contributed by atoms with E-state index in [1.54, 1.807) is 0 Å². The van der Waals surface area contributed by atoms with Crippen LogP contribution >= 0.6 is 0 Å². The number of H-pyrrole nitrogens is 1. The number of hydrogen-bond acceptors (Lipinski definition) is 3. The van der Waals surface area contributed by atoms with Gasteiger partial charge in [0, 0.05) is 5.71 Å². The van der Waals surface area contributed by atoms with Gasteiger partial charge in [-0.1, -0.05) is 13.8 Å². The molecule has 0 fully saturated rings. The summed E-state index contributed by atoms with van der Waals surface area (Å²) < 4.78 is 0. The first-order valence-corrected chi connectivity index (χ1v) is 5.19. The maximum absolute atomic E-state index is 8.01. The highest BCUT2D eigenvalue weighted by Crippen LogP contribution is 2.18. The third kappa shape index (κ3) is 2.52. The van der Waals surface area contributed by atoms with Crippen LogP contribution in [-0.2, 0) is 0 Å². The molecule has 82 valence electrons. The largest absolute Gasteiger partial charge is 0.305 e. The van der Waals surface area contributed by atoms with Crippen molar-refractivity contribution < 1.29 is 0 Å². The Morgan fingerprint density at radius 3 is 2.67 bits per heavy atom. The Balaban J connectivity index is 2.95. The maximum atomic E-state index is 8.01. The normalized spacial score (nSPS) is 14.7. The predicted octanol–water partition coefficient (Wildman–Crippen LogP) is 2.66. The van der Waals surface area contributed by atoms with Crippen molar-refractivity contribution >= 4 is 11.3 Å². The molecule has 0 radical (unpaired) electrons. The van der Waals surface area contributed by atoms with Gasteiger partial charge in [0.2, 0.25) is 0 Å². The number of nitrogens with zero attached hydrogens (tertiary/aromatic N) is 2. The second kappa shape index (κ2) is 4.87. The van der Waals surface area contributed by atoms with E-state index >= 15 is 0 Å². The molecule has 4 nitrogen and oxygen atoms in total. The lowest BCUT2D eigenvalue weighted by atomic mass is 9.94. The van der Waals surface area contributed by atoms with Gasteiger partial charge in [0.1, 0.15) is 6.33 Å². The molecule has 0 amide bonds. The summed E-state index contributed by atoms with van der Waals surface area (Å²) in [6.07, 6.45) is 2.47. The van der Waals surface area contributed by atoms with Crippen molar-refractivity contribution in [1.29, 1.82) is 5.41 Å². The van der Waals surface area contributed by atoms with Crippen molar-refractivity contribution in [2.24, 2.45) is 5.92 Å². The molecule has 0 aliphatic carbocycles. The number of aromatic amines is 1. The summed E-state index contributed by atoms with van der Waals surface area (Å²) in [5, 5.41) is 14.6. The Kier molecular flexibility index (Phi) is 3.77. The fourth-order valence-corrected chi connectivity index (χ4v) is 1.34. The molecule has 0 aliphatic rings. The monoisotopic (exact) mass is 206 g/mol. The molecular weight excluding hydrogens is 188 g/mol. The second-order valence-corrected chi connectivity index (χ2v) is 3.81. The maximum Gasteiger partial charge on any atom is 0.151 e. The molecule has 1 unspecified atom stereocenters. The minimum atomic E-state index is 0.294. The third-order valence-corrected chi connectivity index (χ3v) is 2.84. The van der Waals surface area contributed by atoms with Crippen molar-refractivity contribution in [3.05, 3.63) is 17.7 Å². The number of aromatic nitrogens is 3. The van der Waals surface area contributed by atoms with E-state index in [-0.39, 0.29) is 0 Å². The molecule has 0 saturated carbocycles. The number of hydrogen-bond donors (Lipinski definition) is 2. The van der Waals surface area contributed by atoms with Crippen molar-refractivity contribution in [2.75, 3.05) is 0 Å². The lowest BCUT2D eigenvalue weighted by molar-refractivity contribution is 0.734. The average molecular weight is 206 g/mol. The van der Waals surface area contributed by atoms with E-state index in [0.29, 0.717) is 11.6 Å². The smallest absolute Gasteiger partial charge is 0.151 e. The van der Waals surface area contributed by atoms with Gasteiger partial charge < -0.3 is 5.41 Å². The highest BCUT2D eigenvalue weighted by atomic mass is 15.2. The first-order valence-electron chi connectivity index (χ1n) is 5.19. The van der Waals surface area contributed by atoms with Crippen LogP contribution in [0.1, 0.15) is 39.9 Å². The zero-order valence-electron chi connectivity index (χ0n) is 9.76. The van der Waals surface area contributed by atoms with E-state index in [2.05, 4.69) is 29.0 Å². The molecule has 1 aromatic rings. The summed E-state index contributed by atoms with van der Waals surface area (Å²) in [6.45, 7) is 8.09. The fourth-order valence-electron chi connectivity index (χ4n) is 1.34. The zero-order chi connectivity index (χ0) is 11.4. The second-order valence-electron chi connectivity index (χ2n) is 3.81. The van der Waals surface area contributed by atoms with Crippen LogP contribution in [0.2, 0.25) is 0 Å². The molecule has 15 heavy (non-hydrogen) atoms. The van der Waals surface area contributed by atoms with Gasteiger partial charge in [0.25, 0.3) is 0 Å². The van der Waals surface area contributed by atoms with Crippen LogP contribution in [-0.4, -0.2) is 20.9 Å². The van der Waals surface area contributed by atoms with Crippen LogP contribution in [0.3, 0.4) is 0 Å². The topological polar surface area (TPSA) is 65.4 Å². The van der Waals surface area contributed by atoms with Crippen LogP contribution in [0.25, 0.3) is 5.57 Å². The molecule has 0 aromatic carbocycles. The van der Waals surface area contributed by atoms with Gasteiger partial charge in [-0.2, -0.15) is 5.10 Å². The molecule has 0 spiro atoms. The summed E-state index contributed by atoms with van der Waals surface area (Å²) in [6, 6.07) is 0. The van der Waals surface area contributed by atoms with E-state index < -0.39 is 0 Å². The number of allylic oxidation sites excluding steroid dienone is 2. The highest BCUT2D eigenvalue weighted by molar-refractivity contribution is 6.04. The fraction of sp³-hybridized carbons (Fsp3) is 0.545. The molecular formula is C11H18N4. The average Bonchev–Trinajstić information content (AvgIpc) is 2.78. The van der Waals surface area contributed by atoms with E-state index in [1.807, 2.05) is 13.8 Å². The van der Waals surface area contributed by atoms with Crippen LogP contribution < -0.4 is 0 Å². The summed E-state index contributed by atoms with van der Waals surface area (Å²) in [5.41, 5.74) is 2.67. The van der Waals surface area contributed by atoms with Gasteiger partial charge in [0.05, 0.1) is 0 Å². The molecule has 1 atom stereocenters. The molecule has 0 aliphatic heterocycles. The first kappa shape index (κ1) is 11.6. The standard InChI is InChI=1S/C11H18N4/c1-5-7(2)10(12)8(3)9(4)11-13-6-14-15-11/h6-7,12H,5H2,1-4H3,(H,13,14,15)/b9-8-,12-10?. The summed E-state index contributed by atoms with van der Waals surface area (Å²) in [5.74, 6) is 1.04. The van der Waals surface area contributed by atoms with E-state index in [4.69, 9.17) is 5.41 Å². The first-order chi connectivity index (χ1) is 7.07. The van der Waals surface area contributed by atoms with Gasteiger partial charge in [-0.3, -0.25) is 5.10 Å². The Labute approximate surface area is 90.3 Å². The van der Waals surface area contributed by atoms with E-state index in [1.165, 1.54) is 6.33 Å². The molecule has 0 saturated heterocycles. The minimum absolute atomic E-state index is 0.294. The summed E-state index contributed by atoms with van der Waals surface area (Å²) in [7, 11) is 0.